The lowest BCUT2D eigenvalue weighted by Gasteiger charge is -2.39. The van der Waals surface area contributed by atoms with Gasteiger partial charge in [0.2, 0.25) is 0 Å². The number of hydrogen-bond acceptors (Lipinski definition) is 2. The fraction of sp³-hybridized carbons (Fsp3) is 1.00. The maximum Gasteiger partial charge on any atom is 0.0409 e. The standard InChI is InChI=1S/C7H14N2/c8-7(4-9-5-7)3-6-1-2-6/h6,9H,1-5,8H2. The summed E-state index contributed by atoms with van der Waals surface area (Å²) in [5.41, 5.74) is 6.18. The van der Waals surface area contributed by atoms with E-state index >= 15 is 0 Å². The normalized spacial score (nSPS) is 31.7. The second kappa shape index (κ2) is 1.70. The summed E-state index contributed by atoms with van der Waals surface area (Å²) in [6.45, 7) is 2.09. The molecule has 52 valence electrons. The zero-order valence-corrected chi connectivity index (χ0v) is 5.69. The first-order chi connectivity index (χ1) is 4.29. The molecule has 9 heavy (non-hydrogen) atoms. The summed E-state index contributed by atoms with van der Waals surface area (Å²) >= 11 is 0. The zero-order valence-electron chi connectivity index (χ0n) is 5.69. The quantitative estimate of drug-likeness (QED) is 0.550. The number of nitrogens with one attached hydrogen (secondary N) is 1. The minimum atomic E-state index is 0.196. The van der Waals surface area contributed by atoms with Gasteiger partial charge in [0, 0.05) is 18.6 Å². The summed E-state index contributed by atoms with van der Waals surface area (Å²) < 4.78 is 0. The average molecular weight is 126 g/mol. The summed E-state index contributed by atoms with van der Waals surface area (Å²) in [5.74, 6) is 0.983. The first kappa shape index (κ1) is 5.69. The molecule has 0 atom stereocenters. The molecule has 0 spiro atoms. The molecule has 0 radical (unpaired) electrons. The molecule has 1 saturated carbocycles. The van der Waals surface area contributed by atoms with E-state index in [0.717, 1.165) is 19.0 Å². The molecule has 2 rings (SSSR count). The largest absolute Gasteiger partial charge is 0.323 e. The molecule has 0 bridgehead atoms. The van der Waals surface area contributed by atoms with Crippen molar-refractivity contribution in [2.24, 2.45) is 11.7 Å². The number of nitrogens with two attached hydrogens (primary N) is 1. The van der Waals surface area contributed by atoms with Crippen LogP contribution in [0.25, 0.3) is 0 Å². The van der Waals surface area contributed by atoms with Crippen LogP contribution in [0.5, 0.6) is 0 Å². The Hall–Kier alpha value is -0.0800. The van der Waals surface area contributed by atoms with E-state index < -0.39 is 0 Å². The summed E-state index contributed by atoms with van der Waals surface area (Å²) in [6, 6.07) is 0. The van der Waals surface area contributed by atoms with Gasteiger partial charge in [-0.25, -0.2) is 0 Å². The first-order valence-electron chi connectivity index (χ1n) is 3.78. The van der Waals surface area contributed by atoms with Crippen molar-refractivity contribution >= 4 is 0 Å². The predicted molar refractivity (Wildman–Crippen MR) is 37.1 cm³/mol. The fourth-order valence-corrected chi connectivity index (χ4v) is 1.49. The van der Waals surface area contributed by atoms with Crippen molar-refractivity contribution in [3.8, 4) is 0 Å². The Morgan fingerprint density at radius 3 is 2.44 bits per heavy atom. The third-order valence-corrected chi connectivity index (χ3v) is 2.35. The van der Waals surface area contributed by atoms with Crippen molar-refractivity contribution in [3.05, 3.63) is 0 Å². The van der Waals surface area contributed by atoms with Crippen LogP contribution in [0.4, 0.5) is 0 Å². The van der Waals surface area contributed by atoms with Crippen molar-refractivity contribution in [1.82, 2.24) is 5.32 Å². The van der Waals surface area contributed by atoms with Crippen molar-refractivity contribution in [2.45, 2.75) is 24.8 Å². The van der Waals surface area contributed by atoms with Gasteiger partial charge in [0.1, 0.15) is 0 Å². The summed E-state index contributed by atoms with van der Waals surface area (Å²) in [5, 5.41) is 3.21. The minimum Gasteiger partial charge on any atom is -0.323 e. The van der Waals surface area contributed by atoms with Crippen LogP contribution in [0.15, 0.2) is 0 Å². The molecule has 2 heteroatoms. The molecule has 1 heterocycles. The molecule has 2 nitrogen and oxygen atoms in total. The molecule has 2 aliphatic rings. The van der Waals surface area contributed by atoms with Gasteiger partial charge in [-0.1, -0.05) is 12.8 Å². The maximum absolute atomic E-state index is 5.98. The van der Waals surface area contributed by atoms with Crippen LogP contribution in [0.2, 0.25) is 0 Å². The van der Waals surface area contributed by atoms with E-state index in [9.17, 15) is 0 Å². The molecule has 0 aromatic heterocycles. The van der Waals surface area contributed by atoms with Crippen molar-refractivity contribution in [2.75, 3.05) is 13.1 Å². The molecule has 0 aromatic rings. The monoisotopic (exact) mass is 126 g/mol. The van der Waals surface area contributed by atoms with Crippen LogP contribution < -0.4 is 11.1 Å². The van der Waals surface area contributed by atoms with Crippen molar-refractivity contribution in [3.63, 3.8) is 0 Å². The lowest BCUT2D eigenvalue weighted by molar-refractivity contribution is 0.251. The molecule has 0 unspecified atom stereocenters. The molecule has 0 amide bonds. The highest BCUT2D eigenvalue weighted by Gasteiger charge is 2.37. The van der Waals surface area contributed by atoms with Crippen LogP contribution in [0.3, 0.4) is 0 Å². The highest BCUT2D eigenvalue weighted by molar-refractivity contribution is 5.00. The molecular formula is C7H14N2. The molecular weight excluding hydrogens is 112 g/mol. The Bertz CT molecular complexity index is 114. The topological polar surface area (TPSA) is 38.0 Å². The molecule has 0 aromatic carbocycles. The highest BCUT2D eigenvalue weighted by Crippen LogP contribution is 2.36. The Labute approximate surface area is 55.8 Å². The molecule has 3 N–H and O–H groups in total. The smallest absolute Gasteiger partial charge is 0.0409 e. The summed E-state index contributed by atoms with van der Waals surface area (Å²) in [4.78, 5) is 0. The maximum atomic E-state index is 5.98. The highest BCUT2D eigenvalue weighted by atomic mass is 15.1. The van der Waals surface area contributed by atoms with E-state index in [1.165, 1.54) is 19.3 Å². The summed E-state index contributed by atoms with van der Waals surface area (Å²) in [7, 11) is 0. The van der Waals surface area contributed by atoms with E-state index in [1.54, 1.807) is 0 Å². The van der Waals surface area contributed by atoms with Gasteiger partial charge in [-0.05, 0) is 12.3 Å². The zero-order chi connectivity index (χ0) is 6.32. The van der Waals surface area contributed by atoms with Crippen molar-refractivity contribution in [1.29, 1.82) is 0 Å². The second-order valence-electron chi connectivity index (χ2n) is 3.61. The van der Waals surface area contributed by atoms with Gasteiger partial charge >= 0.3 is 0 Å². The van der Waals surface area contributed by atoms with E-state index in [4.69, 9.17) is 5.73 Å². The summed E-state index contributed by atoms with van der Waals surface area (Å²) in [6.07, 6.45) is 4.12. The van der Waals surface area contributed by atoms with Crippen LogP contribution in [-0.4, -0.2) is 18.6 Å². The first-order valence-corrected chi connectivity index (χ1v) is 3.78. The van der Waals surface area contributed by atoms with Gasteiger partial charge in [0.15, 0.2) is 0 Å². The molecule has 2 fully saturated rings. The van der Waals surface area contributed by atoms with E-state index in [-0.39, 0.29) is 5.54 Å². The Balaban J connectivity index is 1.81. The van der Waals surface area contributed by atoms with Gasteiger partial charge in [-0.15, -0.1) is 0 Å². The van der Waals surface area contributed by atoms with Crippen LogP contribution in [0, 0.1) is 5.92 Å². The number of rotatable bonds is 2. The predicted octanol–water partition coefficient (Wildman–Crippen LogP) is 0.0872. The lowest BCUT2D eigenvalue weighted by atomic mass is 9.88. The molecule has 1 aliphatic carbocycles. The molecule has 1 aliphatic heterocycles. The van der Waals surface area contributed by atoms with Gasteiger partial charge < -0.3 is 11.1 Å². The van der Waals surface area contributed by atoms with Crippen LogP contribution in [-0.2, 0) is 0 Å². The average Bonchev–Trinajstić information content (AvgIpc) is 2.46. The Morgan fingerprint density at radius 1 is 1.44 bits per heavy atom. The third-order valence-electron chi connectivity index (χ3n) is 2.35. The Morgan fingerprint density at radius 2 is 2.11 bits per heavy atom. The second-order valence-corrected chi connectivity index (χ2v) is 3.61. The minimum absolute atomic E-state index is 0.196. The van der Waals surface area contributed by atoms with Gasteiger partial charge in [-0.3, -0.25) is 0 Å². The van der Waals surface area contributed by atoms with Crippen LogP contribution >= 0.6 is 0 Å². The third kappa shape index (κ3) is 1.10. The van der Waals surface area contributed by atoms with E-state index in [2.05, 4.69) is 5.32 Å². The molecule has 1 saturated heterocycles. The van der Waals surface area contributed by atoms with Gasteiger partial charge in [0.05, 0.1) is 0 Å². The van der Waals surface area contributed by atoms with Crippen LogP contribution in [0.1, 0.15) is 19.3 Å². The van der Waals surface area contributed by atoms with Gasteiger partial charge in [-0.2, -0.15) is 0 Å². The fourth-order valence-electron chi connectivity index (χ4n) is 1.49. The van der Waals surface area contributed by atoms with E-state index in [0.29, 0.717) is 0 Å². The van der Waals surface area contributed by atoms with Gasteiger partial charge in [0.25, 0.3) is 0 Å². The Kier molecular flexibility index (Phi) is 1.08. The van der Waals surface area contributed by atoms with E-state index in [1.807, 2.05) is 0 Å². The number of hydrogen-bond donors (Lipinski definition) is 2. The SMILES string of the molecule is NC1(CC2CC2)CNC1. The lowest BCUT2D eigenvalue weighted by Crippen LogP contribution is -2.65. The van der Waals surface area contributed by atoms with Crippen molar-refractivity contribution < 1.29 is 0 Å².